The van der Waals surface area contributed by atoms with Gasteiger partial charge in [-0.3, -0.25) is 0 Å². The lowest BCUT2D eigenvalue weighted by molar-refractivity contribution is 0.127. The van der Waals surface area contributed by atoms with Gasteiger partial charge in [-0.2, -0.15) is 0 Å². The van der Waals surface area contributed by atoms with Gasteiger partial charge in [0, 0.05) is 0 Å². The van der Waals surface area contributed by atoms with Gasteiger partial charge in [-0.1, -0.05) is 143 Å². The number of hydrogen-bond donors (Lipinski definition) is 1. The van der Waals surface area contributed by atoms with Gasteiger partial charge < -0.3 is 5.11 Å². The van der Waals surface area contributed by atoms with E-state index in [9.17, 15) is 5.11 Å². The summed E-state index contributed by atoms with van der Waals surface area (Å²) in [5.74, 6) is 0.0236. The smallest absolute Gasteiger partial charge is 0.226 e. The lowest BCUT2D eigenvalue weighted by atomic mass is 9.96. The fourth-order valence-electron chi connectivity index (χ4n) is 1.83. The molecule has 0 amide bonds. The Morgan fingerprint density at radius 3 is 1.50 bits per heavy atom. The van der Waals surface area contributed by atoms with Gasteiger partial charge in [0.15, 0.2) is 8.67 Å². The summed E-state index contributed by atoms with van der Waals surface area (Å²) in [6.07, 6.45) is -0.655. The first kappa shape index (κ1) is 23.8. The Balaban J connectivity index is 3.29. The van der Waals surface area contributed by atoms with Crippen molar-refractivity contribution < 1.29 is 5.11 Å². The van der Waals surface area contributed by atoms with Crippen LogP contribution in [0.3, 0.4) is 0 Å². The maximum Gasteiger partial charge on any atom is 0.226 e. The maximum atomic E-state index is 10.1. The lowest BCUT2D eigenvalue weighted by Crippen LogP contribution is -2.54. The Hall–Kier alpha value is 1.79. The second-order valence-corrected chi connectivity index (χ2v) is 11.8. The summed E-state index contributed by atoms with van der Waals surface area (Å²) in [5.41, 5.74) is 0.924. The van der Waals surface area contributed by atoms with Crippen LogP contribution in [0.15, 0.2) is 24.3 Å². The Kier molecular flexibility index (Phi) is 7.98. The van der Waals surface area contributed by atoms with Crippen molar-refractivity contribution >= 4 is 104 Å². The predicted octanol–water partition coefficient (Wildman–Crippen LogP) is 7.72. The fourth-order valence-corrected chi connectivity index (χ4v) is 4.06. The van der Waals surface area contributed by atoms with Crippen molar-refractivity contribution in [3.63, 3.8) is 0 Å². The zero-order valence-electron chi connectivity index (χ0n) is 12.3. The van der Waals surface area contributed by atoms with Gasteiger partial charge in [-0.25, -0.2) is 0 Å². The number of rotatable bonds is 5. The van der Waals surface area contributed by atoms with Crippen LogP contribution in [0.2, 0.25) is 0 Å². The van der Waals surface area contributed by atoms with Gasteiger partial charge in [-0.05, 0) is 17.0 Å². The number of aliphatic hydroxyl groups is 1. The zero-order valence-corrected chi connectivity index (χ0v) is 19.1. The average molecular weight is 516 g/mol. The van der Waals surface area contributed by atoms with Gasteiger partial charge in [0.25, 0.3) is 0 Å². The molecule has 0 fully saturated rings. The minimum atomic E-state index is -2.34. The minimum Gasteiger partial charge on any atom is -0.388 e. The SMILES string of the molecule is CC(C)C(O)c1ccc(C(Cl)(Cl)C(Cl)(Cl)C(Cl)(Cl)C(Cl)(Cl)Cl)cc1. The molecule has 1 rings (SSSR count). The molecule has 0 aliphatic heterocycles. The minimum absolute atomic E-state index is 0.0236. The number of halogens is 9. The molecule has 1 N–H and O–H groups in total. The van der Waals surface area contributed by atoms with Crippen LogP contribution in [-0.4, -0.2) is 17.6 Å². The highest BCUT2D eigenvalue weighted by Crippen LogP contribution is 2.65. The normalized spacial score (nSPS) is 15.7. The molecule has 1 atom stereocenters. The molecule has 0 saturated carbocycles. The summed E-state index contributed by atoms with van der Waals surface area (Å²) < 4.78 is -8.93. The summed E-state index contributed by atoms with van der Waals surface area (Å²) in [7, 11) is 0. The van der Waals surface area contributed by atoms with E-state index in [1.165, 1.54) is 12.1 Å². The van der Waals surface area contributed by atoms with E-state index in [1.54, 1.807) is 12.1 Å². The molecule has 0 bridgehead atoms. The Morgan fingerprint density at radius 2 is 1.17 bits per heavy atom. The molecule has 1 aromatic carbocycles. The highest BCUT2D eigenvalue weighted by Gasteiger charge is 2.68. The quantitative estimate of drug-likeness (QED) is 0.398. The van der Waals surface area contributed by atoms with Gasteiger partial charge >= 0.3 is 0 Å². The lowest BCUT2D eigenvalue weighted by Gasteiger charge is -2.44. The topological polar surface area (TPSA) is 20.2 Å². The summed E-state index contributed by atoms with van der Waals surface area (Å²) in [6.45, 7) is 3.76. The highest BCUT2D eigenvalue weighted by atomic mass is 35.6. The molecule has 0 aromatic heterocycles. The van der Waals surface area contributed by atoms with Crippen molar-refractivity contribution in [1.82, 2.24) is 0 Å². The van der Waals surface area contributed by atoms with Crippen LogP contribution in [0.5, 0.6) is 0 Å². The third-order valence-electron chi connectivity index (χ3n) is 3.39. The van der Waals surface area contributed by atoms with Gasteiger partial charge in [0.1, 0.15) is 0 Å². The van der Waals surface area contributed by atoms with E-state index in [-0.39, 0.29) is 11.5 Å². The van der Waals surface area contributed by atoms with E-state index < -0.39 is 22.9 Å². The summed E-state index contributed by atoms with van der Waals surface area (Å²) in [5, 5.41) is 10.1. The van der Waals surface area contributed by atoms with E-state index in [1.807, 2.05) is 13.8 Å². The van der Waals surface area contributed by atoms with Crippen molar-refractivity contribution in [3.8, 4) is 0 Å². The number of hydrogen-bond acceptors (Lipinski definition) is 1. The number of alkyl halides is 9. The molecular weight excluding hydrogens is 503 g/mol. The molecule has 0 aliphatic rings. The van der Waals surface area contributed by atoms with E-state index in [2.05, 4.69) is 0 Å². The van der Waals surface area contributed by atoms with Crippen LogP contribution >= 0.6 is 104 Å². The predicted molar refractivity (Wildman–Crippen MR) is 109 cm³/mol. The van der Waals surface area contributed by atoms with Crippen molar-refractivity contribution in [1.29, 1.82) is 0 Å². The first-order chi connectivity index (χ1) is 10.6. The maximum absolute atomic E-state index is 10.1. The van der Waals surface area contributed by atoms with E-state index in [4.69, 9.17) is 104 Å². The highest BCUT2D eigenvalue weighted by molar-refractivity contribution is 6.80. The first-order valence-corrected chi connectivity index (χ1v) is 9.96. The number of aliphatic hydroxyl groups excluding tert-OH is 1. The van der Waals surface area contributed by atoms with Crippen molar-refractivity contribution in [2.24, 2.45) is 5.92 Å². The third kappa shape index (κ3) is 4.43. The molecule has 0 saturated heterocycles. The monoisotopic (exact) mass is 512 g/mol. The molecule has 138 valence electrons. The van der Waals surface area contributed by atoms with Crippen molar-refractivity contribution in [2.45, 2.75) is 36.7 Å². The molecule has 1 aromatic rings. The molecule has 1 unspecified atom stereocenters. The van der Waals surface area contributed by atoms with Crippen LogP contribution in [-0.2, 0) is 4.33 Å². The molecule has 24 heavy (non-hydrogen) atoms. The Morgan fingerprint density at radius 1 is 0.750 bits per heavy atom. The van der Waals surface area contributed by atoms with Gasteiger partial charge in [0.05, 0.1) is 6.10 Å². The van der Waals surface area contributed by atoms with Crippen LogP contribution in [0.25, 0.3) is 0 Å². The Labute approximate surface area is 186 Å². The van der Waals surface area contributed by atoms with Gasteiger partial charge in [0.2, 0.25) is 8.13 Å². The van der Waals surface area contributed by atoms with Gasteiger partial charge in [-0.15, -0.1) is 0 Å². The second kappa shape index (κ2) is 8.03. The molecule has 0 radical (unpaired) electrons. The average Bonchev–Trinajstić information content (AvgIpc) is 2.44. The second-order valence-electron chi connectivity index (χ2n) is 5.53. The number of benzene rings is 1. The van der Waals surface area contributed by atoms with Crippen LogP contribution < -0.4 is 0 Å². The molecular formula is C14H13Cl9O. The molecule has 0 heterocycles. The summed E-state index contributed by atoms with van der Waals surface area (Å²) >= 11 is 54.5. The van der Waals surface area contributed by atoms with Crippen LogP contribution in [0.1, 0.15) is 31.1 Å². The van der Waals surface area contributed by atoms with Crippen molar-refractivity contribution in [3.05, 3.63) is 35.4 Å². The molecule has 0 spiro atoms. The Bertz CT molecular complexity index is 561. The molecule has 0 aliphatic carbocycles. The van der Waals surface area contributed by atoms with E-state index in [0.717, 1.165) is 0 Å². The first-order valence-electron chi connectivity index (χ1n) is 6.56. The standard InChI is InChI=1S/C14H13Cl9O/c1-7(2)10(24)8-3-5-9(6-4-8)11(15,16)12(17,18)13(19,20)14(21,22)23/h3-7,10,24H,1-2H3. The fraction of sp³-hybridized carbons (Fsp3) is 0.571. The largest absolute Gasteiger partial charge is 0.388 e. The summed E-state index contributed by atoms with van der Waals surface area (Å²) in [6, 6.07) is 6.32. The van der Waals surface area contributed by atoms with Crippen LogP contribution in [0, 0.1) is 5.92 Å². The van der Waals surface area contributed by atoms with E-state index in [0.29, 0.717) is 5.56 Å². The molecule has 1 nitrogen and oxygen atoms in total. The summed E-state index contributed by atoms with van der Waals surface area (Å²) in [4.78, 5) is 0. The molecule has 10 heteroatoms. The third-order valence-corrected chi connectivity index (χ3v) is 8.87. The van der Waals surface area contributed by atoms with Crippen LogP contribution in [0.4, 0.5) is 0 Å². The van der Waals surface area contributed by atoms with Crippen molar-refractivity contribution in [2.75, 3.05) is 0 Å². The zero-order chi connectivity index (χ0) is 19.1. The van der Waals surface area contributed by atoms with E-state index >= 15 is 0 Å².